The summed E-state index contributed by atoms with van der Waals surface area (Å²) in [5.41, 5.74) is 5.27. The van der Waals surface area contributed by atoms with Crippen LogP contribution in [0.25, 0.3) is 11.1 Å². The fourth-order valence-electron chi connectivity index (χ4n) is 4.18. The lowest BCUT2D eigenvalue weighted by Crippen LogP contribution is -2.15. The maximum atomic E-state index is 12.9. The van der Waals surface area contributed by atoms with Gasteiger partial charge in [-0.2, -0.15) is 0 Å². The molecule has 2 aliphatic rings. The summed E-state index contributed by atoms with van der Waals surface area (Å²) in [6, 6.07) is 11.4. The average Bonchev–Trinajstić information content (AvgIpc) is 3.45. The van der Waals surface area contributed by atoms with Gasteiger partial charge < -0.3 is 19.5 Å². The predicted molar refractivity (Wildman–Crippen MR) is 123 cm³/mol. The van der Waals surface area contributed by atoms with Gasteiger partial charge in [0.25, 0.3) is 5.91 Å². The monoisotopic (exact) mass is 449 g/mol. The Kier molecular flexibility index (Phi) is 5.57. The zero-order valence-corrected chi connectivity index (χ0v) is 18.6. The predicted octanol–water partition coefficient (Wildman–Crippen LogP) is 5.45. The van der Waals surface area contributed by atoms with Crippen molar-refractivity contribution in [2.24, 2.45) is 0 Å². The van der Waals surface area contributed by atoms with E-state index in [2.05, 4.69) is 23.5 Å². The highest BCUT2D eigenvalue weighted by atomic mass is 32.1. The molecular weight excluding hydrogens is 426 g/mol. The van der Waals surface area contributed by atoms with E-state index < -0.39 is 5.97 Å². The third-order valence-electron chi connectivity index (χ3n) is 5.79. The number of rotatable bonds is 5. The summed E-state index contributed by atoms with van der Waals surface area (Å²) in [7, 11) is 0. The van der Waals surface area contributed by atoms with Gasteiger partial charge in [0.2, 0.25) is 6.79 Å². The number of nitrogens with one attached hydrogen (secondary N) is 1. The van der Waals surface area contributed by atoms with Crippen molar-refractivity contribution in [2.45, 2.75) is 32.6 Å². The number of carbonyl (C=O) groups is 2. The van der Waals surface area contributed by atoms with E-state index in [1.54, 1.807) is 25.1 Å². The van der Waals surface area contributed by atoms with Crippen molar-refractivity contribution in [1.29, 1.82) is 0 Å². The van der Waals surface area contributed by atoms with E-state index in [-0.39, 0.29) is 19.3 Å². The number of thiophene rings is 1. The SMILES string of the molecule is CCOC(=O)c1c(-c2ccc3c(c2)CCCC3)csc1NC(=O)c1ccc2c(c1)OCO2. The van der Waals surface area contributed by atoms with Crippen LogP contribution < -0.4 is 14.8 Å². The molecule has 1 N–H and O–H groups in total. The Morgan fingerprint density at radius 2 is 1.84 bits per heavy atom. The molecule has 1 aliphatic carbocycles. The molecule has 7 heteroatoms. The van der Waals surface area contributed by atoms with Crippen molar-refractivity contribution in [3.8, 4) is 22.6 Å². The molecule has 0 bridgehead atoms. The number of carbonyl (C=O) groups excluding carboxylic acids is 2. The van der Waals surface area contributed by atoms with Crippen molar-refractivity contribution in [3.63, 3.8) is 0 Å². The van der Waals surface area contributed by atoms with Crippen LogP contribution in [0.2, 0.25) is 0 Å². The van der Waals surface area contributed by atoms with Crippen molar-refractivity contribution in [2.75, 3.05) is 18.7 Å². The van der Waals surface area contributed by atoms with Gasteiger partial charge in [-0.25, -0.2) is 4.79 Å². The molecule has 164 valence electrons. The van der Waals surface area contributed by atoms with Gasteiger partial charge in [0.1, 0.15) is 10.6 Å². The number of anilines is 1. The minimum Gasteiger partial charge on any atom is -0.462 e. The van der Waals surface area contributed by atoms with Crippen LogP contribution in [0.1, 0.15) is 51.6 Å². The molecule has 0 unspecified atom stereocenters. The topological polar surface area (TPSA) is 73.9 Å². The van der Waals surface area contributed by atoms with Crippen LogP contribution in [0, 0.1) is 0 Å². The van der Waals surface area contributed by atoms with Gasteiger partial charge in [0.15, 0.2) is 11.5 Å². The van der Waals surface area contributed by atoms with Crippen molar-refractivity contribution >= 4 is 28.2 Å². The standard InChI is InChI=1S/C25H23NO5S/c1-2-29-25(28)22-19(17-8-7-15-5-3-4-6-16(15)11-17)13-32-24(22)26-23(27)18-9-10-20-21(12-18)31-14-30-20/h7-13H,2-6,14H2,1H3,(H,26,27). The quantitative estimate of drug-likeness (QED) is 0.524. The second kappa shape index (κ2) is 8.67. The number of aryl methyl sites for hydroxylation is 2. The third kappa shape index (κ3) is 3.84. The number of amides is 1. The van der Waals surface area contributed by atoms with Crippen LogP contribution >= 0.6 is 11.3 Å². The van der Waals surface area contributed by atoms with E-state index in [9.17, 15) is 9.59 Å². The second-order valence-electron chi connectivity index (χ2n) is 7.79. The Morgan fingerprint density at radius 1 is 1.03 bits per heavy atom. The van der Waals surface area contributed by atoms with E-state index in [1.807, 2.05) is 5.38 Å². The van der Waals surface area contributed by atoms with Crippen LogP contribution in [0.5, 0.6) is 11.5 Å². The molecule has 1 aliphatic heterocycles. The summed E-state index contributed by atoms with van der Waals surface area (Å²) in [6.07, 6.45) is 4.55. The molecule has 0 saturated heterocycles. The van der Waals surface area contributed by atoms with Crippen molar-refractivity contribution < 1.29 is 23.8 Å². The normalized spacial score (nSPS) is 14.0. The number of fused-ring (bicyclic) bond motifs is 2. The van der Waals surface area contributed by atoms with Crippen LogP contribution in [-0.4, -0.2) is 25.3 Å². The van der Waals surface area contributed by atoms with Gasteiger partial charge in [-0.05, 0) is 67.5 Å². The number of ether oxygens (including phenoxy) is 3. The first-order valence-electron chi connectivity index (χ1n) is 10.8. The Hall–Kier alpha value is -3.32. The summed E-state index contributed by atoms with van der Waals surface area (Å²) >= 11 is 1.32. The number of esters is 1. The molecule has 1 aromatic heterocycles. The van der Waals surface area contributed by atoms with E-state index in [0.717, 1.165) is 24.0 Å². The van der Waals surface area contributed by atoms with Gasteiger partial charge in [0, 0.05) is 16.5 Å². The smallest absolute Gasteiger partial charge is 0.341 e. The summed E-state index contributed by atoms with van der Waals surface area (Å²) < 4.78 is 16.0. The molecular formula is C25H23NO5S. The maximum absolute atomic E-state index is 12.9. The van der Waals surface area contributed by atoms with E-state index in [4.69, 9.17) is 14.2 Å². The zero-order chi connectivity index (χ0) is 22.1. The first kappa shape index (κ1) is 20.6. The molecule has 2 aromatic carbocycles. The molecule has 0 spiro atoms. The summed E-state index contributed by atoms with van der Waals surface area (Å²) in [5, 5.41) is 5.27. The fourth-order valence-corrected chi connectivity index (χ4v) is 5.13. The lowest BCUT2D eigenvalue weighted by atomic mass is 9.89. The molecule has 0 radical (unpaired) electrons. The first-order valence-corrected chi connectivity index (χ1v) is 11.6. The van der Waals surface area contributed by atoms with Gasteiger partial charge >= 0.3 is 5.97 Å². The number of hydrogen-bond donors (Lipinski definition) is 1. The van der Waals surface area contributed by atoms with Crippen LogP contribution in [-0.2, 0) is 17.6 Å². The summed E-state index contributed by atoms with van der Waals surface area (Å²) in [4.78, 5) is 25.8. The summed E-state index contributed by atoms with van der Waals surface area (Å²) in [5.74, 6) is 0.374. The zero-order valence-electron chi connectivity index (χ0n) is 17.7. The lowest BCUT2D eigenvalue weighted by Gasteiger charge is -2.17. The van der Waals surface area contributed by atoms with E-state index in [0.29, 0.717) is 27.6 Å². The fraction of sp³-hybridized carbons (Fsp3) is 0.280. The molecule has 32 heavy (non-hydrogen) atoms. The highest BCUT2D eigenvalue weighted by Crippen LogP contribution is 2.38. The maximum Gasteiger partial charge on any atom is 0.341 e. The molecule has 6 nitrogen and oxygen atoms in total. The van der Waals surface area contributed by atoms with Gasteiger partial charge in [-0.1, -0.05) is 18.2 Å². The Bertz CT molecular complexity index is 1200. The lowest BCUT2D eigenvalue weighted by molar-refractivity contribution is 0.0529. The first-order chi connectivity index (χ1) is 15.6. The molecule has 1 amide bonds. The summed E-state index contributed by atoms with van der Waals surface area (Å²) in [6.45, 7) is 2.17. The molecule has 3 aromatic rings. The molecule has 0 fully saturated rings. The average molecular weight is 450 g/mol. The highest BCUT2D eigenvalue weighted by Gasteiger charge is 2.24. The molecule has 0 saturated carbocycles. The molecule has 2 heterocycles. The van der Waals surface area contributed by atoms with Gasteiger partial charge in [-0.15, -0.1) is 11.3 Å². The second-order valence-corrected chi connectivity index (χ2v) is 8.67. The van der Waals surface area contributed by atoms with Gasteiger partial charge in [-0.3, -0.25) is 4.79 Å². The highest BCUT2D eigenvalue weighted by molar-refractivity contribution is 7.15. The molecule has 0 atom stereocenters. The Balaban J connectivity index is 1.48. The van der Waals surface area contributed by atoms with Crippen molar-refractivity contribution in [3.05, 3.63) is 64.0 Å². The Morgan fingerprint density at radius 3 is 2.69 bits per heavy atom. The van der Waals surface area contributed by atoms with Gasteiger partial charge in [0.05, 0.1) is 6.61 Å². The number of benzene rings is 2. The largest absolute Gasteiger partial charge is 0.462 e. The van der Waals surface area contributed by atoms with Crippen LogP contribution in [0.3, 0.4) is 0 Å². The number of hydrogen-bond acceptors (Lipinski definition) is 6. The van der Waals surface area contributed by atoms with Crippen LogP contribution in [0.15, 0.2) is 41.8 Å². The van der Waals surface area contributed by atoms with Crippen molar-refractivity contribution in [1.82, 2.24) is 0 Å². The van der Waals surface area contributed by atoms with Crippen LogP contribution in [0.4, 0.5) is 5.00 Å². The van der Waals surface area contributed by atoms with E-state index in [1.165, 1.54) is 35.3 Å². The minimum absolute atomic E-state index is 0.141. The van der Waals surface area contributed by atoms with E-state index >= 15 is 0 Å². The minimum atomic E-state index is -0.442. The third-order valence-corrected chi connectivity index (χ3v) is 6.69. The molecule has 5 rings (SSSR count). The Labute approximate surface area is 190 Å².